The second kappa shape index (κ2) is 4.10. The van der Waals surface area contributed by atoms with Crippen LogP contribution in [0.25, 0.3) is 10.9 Å². The highest BCUT2D eigenvalue weighted by Crippen LogP contribution is 2.24. The van der Waals surface area contributed by atoms with Gasteiger partial charge in [-0.25, -0.2) is 0 Å². The van der Waals surface area contributed by atoms with Crippen molar-refractivity contribution in [3.8, 4) is 0 Å². The standard InChI is InChI=1S/C12H11ClN2O/c1-7-5-8(6-11(14)16)15-12-9(7)3-2-4-10(12)13/h2-5H,6H2,1H3,(H2,14,16). The van der Waals surface area contributed by atoms with Crippen LogP contribution in [0.3, 0.4) is 0 Å². The summed E-state index contributed by atoms with van der Waals surface area (Å²) in [6, 6.07) is 7.48. The molecule has 2 N–H and O–H groups in total. The maximum absolute atomic E-state index is 10.9. The Hall–Kier alpha value is -1.61. The van der Waals surface area contributed by atoms with E-state index in [0.717, 1.165) is 16.5 Å². The number of halogens is 1. The second-order valence-corrected chi connectivity index (χ2v) is 4.12. The smallest absolute Gasteiger partial charge is 0.223 e. The first kappa shape index (κ1) is 10.9. The lowest BCUT2D eigenvalue weighted by Crippen LogP contribution is -2.14. The average Bonchev–Trinajstić information content (AvgIpc) is 2.19. The van der Waals surface area contributed by atoms with Gasteiger partial charge in [0, 0.05) is 5.39 Å². The van der Waals surface area contributed by atoms with Gasteiger partial charge in [-0.15, -0.1) is 0 Å². The Kier molecular flexibility index (Phi) is 2.79. The van der Waals surface area contributed by atoms with Crippen LogP contribution >= 0.6 is 11.6 Å². The molecule has 1 aromatic heterocycles. The van der Waals surface area contributed by atoms with Crippen molar-refractivity contribution in [3.05, 3.63) is 40.5 Å². The number of primary amides is 1. The molecule has 0 aliphatic rings. The molecule has 2 aromatic rings. The summed E-state index contributed by atoms with van der Waals surface area (Å²) < 4.78 is 0. The third kappa shape index (κ3) is 1.99. The summed E-state index contributed by atoms with van der Waals surface area (Å²) in [4.78, 5) is 15.2. The highest BCUT2D eigenvalue weighted by Gasteiger charge is 2.07. The lowest BCUT2D eigenvalue weighted by molar-refractivity contribution is -0.117. The molecular weight excluding hydrogens is 224 g/mol. The van der Waals surface area contributed by atoms with Crippen LogP contribution in [0.4, 0.5) is 0 Å². The number of fused-ring (bicyclic) bond motifs is 1. The fraction of sp³-hybridized carbons (Fsp3) is 0.167. The van der Waals surface area contributed by atoms with Gasteiger partial charge in [0.25, 0.3) is 0 Å². The Balaban J connectivity index is 2.65. The summed E-state index contributed by atoms with van der Waals surface area (Å²) in [5.74, 6) is -0.390. The van der Waals surface area contributed by atoms with E-state index >= 15 is 0 Å². The molecule has 0 spiro atoms. The minimum atomic E-state index is -0.390. The van der Waals surface area contributed by atoms with E-state index in [1.165, 1.54) is 0 Å². The normalized spacial score (nSPS) is 10.6. The predicted octanol–water partition coefficient (Wildman–Crippen LogP) is 2.22. The zero-order valence-corrected chi connectivity index (χ0v) is 9.58. The molecule has 2 rings (SSSR count). The molecule has 1 aromatic carbocycles. The van der Waals surface area contributed by atoms with Crippen LogP contribution in [0.15, 0.2) is 24.3 Å². The number of aromatic nitrogens is 1. The number of aryl methyl sites for hydroxylation is 1. The summed E-state index contributed by atoms with van der Waals surface area (Å²) in [6.07, 6.45) is 0.141. The summed E-state index contributed by atoms with van der Waals surface area (Å²) in [7, 11) is 0. The first-order valence-corrected chi connectivity index (χ1v) is 5.29. The number of rotatable bonds is 2. The second-order valence-electron chi connectivity index (χ2n) is 3.71. The Morgan fingerprint density at radius 1 is 1.50 bits per heavy atom. The maximum Gasteiger partial charge on any atom is 0.223 e. The van der Waals surface area contributed by atoms with Crippen LogP contribution in [-0.4, -0.2) is 10.9 Å². The van der Waals surface area contributed by atoms with Crippen LogP contribution in [0.2, 0.25) is 5.02 Å². The Morgan fingerprint density at radius 2 is 2.25 bits per heavy atom. The molecule has 0 radical (unpaired) electrons. The van der Waals surface area contributed by atoms with Gasteiger partial charge in [-0.1, -0.05) is 23.7 Å². The first-order chi connectivity index (χ1) is 7.58. The van der Waals surface area contributed by atoms with Gasteiger partial charge in [-0.05, 0) is 24.6 Å². The summed E-state index contributed by atoms with van der Waals surface area (Å²) in [6.45, 7) is 1.96. The van der Waals surface area contributed by atoms with Crippen molar-refractivity contribution in [2.45, 2.75) is 13.3 Å². The molecule has 82 valence electrons. The lowest BCUT2D eigenvalue weighted by Gasteiger charge is -2.06. The van der Waals surface area contributed by atoms with Gasteiger partial charge >= 0.3 is 0 Å². The number of benzene rings is 1. The zero-order valence-electron chi connectivity index (χ0n) is 8.83. The first-order valence-electron chi connectivity index (χ1n) is 4.91. The fourth-order valence-corrected chi connectivity index (χ4v) is 1.94. The minimum absolute atomic E-state index is 0.141. The fourth-order valence-electron chi connectivity index (χ4n) is 1.72. The molecule has 0 atom stereocenters. The quantitative estimate of drug-likeness (QED) is 0.866. The van der Waals surface area contributed by atoms with Crippen LogP contribution in [0, 0.1) is 6.92 Å². The number of amides is 1. The number of carbonyl (C=O) groups is 1. The molecule has 4 heteroatoms. The van der Waals surface area contributed by atoms with E-state index in [-0.39, 0.29) is 6.42 Å². The zero-order chi connectivity index (χ0) is 11.7. The van der Waals surface area contributed by atoms with E-state index in [9.17, 15) is 4.79 Å². The van der Waals surface area contributed by atoms with Crippen LogP contribution < -0.4 is 5.73 Å². The van der Waals surface area contributed by atoms with Crippen molar-refractivity contribution in [2.24, 2.45) is 5.73 Å². The number of hydrogen-bond acceptors (Lipinski definition) is 2. The number of carbonyl (C=O) groups excluding carboxylic acids is 1. The number of nitrogens with two attached hydrogens (primary N) is 1. The molecule has 1 heterocycles. The molecule has 3 nitrogen and oxygen atoms in total. The highest BCUT2D eigenvalue weighted by molar-refractivity contribution is 6.35. The van der Waals surface area contributed by atoms with Crippen molar-refractivity contribution in [2.75, 3.05) is 0 Å². The van der Waals surface area contributed by atoms with Crippen molar-refractivity contribution in [1.82, 2.24) is 4.98 Å². The molecule has 16 heavy (non-hydrogen) atoms. The molecule has 0 fully saturated rings. The molecule has 0 unspecified atom stereocenters. The van der Waals surface area contributed by atoms with Gasteiger partial charge in [0.1, 0.15) is 0 Å². The van der Waals surface area contributed by atoms with Crippen molar-refractivity contribution >= 4 is 28.4 Å². The van der Waals surface area contributed by atoms with E-state index < -0.39 is 5.91 Å². The topological polar surface area (TPSA) is 56.0 Å². The van der Waals surface area contributed by atoms with Crippen LogP contribution in [0.1, 0.15) is 11.3 Å². The third-order valence-electron chi connectivity index (χ3n) is 2.41. The van der Waals surface area contributed by atoms with Crippen LogP contribution in [0.5, 0.6) is 0 Å². The molecule has 0 aliphatic carbocycles. The number of pyridine rings is 1. The SMILES string of the molecule is Cc1cc(CC(N)=O)nc2c(Cl)cccc12. The molecule has 0 aliphatic heterocycles. The van der Waals surface area contributed by atoms with E-state index in [1.807, 2.05) is 25.1 Å². The van der Waals surface area contributed by atoms with E-state index in [2.05, 4.69) is 4.98 Å². The molecule has 0 saturated carbocycles. The molecule has 0 saturated heterocycles. The van der Waals surface area contributed by atoms with Gasteiger partial charge in [0.2, 0.25) is 5.91 Å². The molecule has 0 bridgehead atoms. The van der Waals surface area contributed by atoms with Crippen molar-refractivity contribution < 1.29 is 4.79 Å². The predicted molar refractivity (Wildman–Crippen MR) is 64.4 cm³/mol. The highest BCUT2D eigenvalue weighted by atomic mass is 35.5. The summed E-state index contributed by atoms with van der Waals surface area (Å²) in [5.41, 5.74) is 7.57. The van der Waals surface area contributed by atoms with Crippen LogP contribution in [-0.2, 0) is 11.2 Å². The number of nitrogens with zero attached hydrogens (tertiary/aromatic N) is 1. The number of para-hydroxylation sites is 1. The Bertz CT molecular complexity index is 566. The van der Waals surface area contributed by atoms with Crippen molar-refractivity contribution in [1.29, 1.82) is 0 Å². The number of hydrogen-bond donors (Lipinski definition) is 1. The lowest BCUT2D eigenvalue weighted by atomic mass is 10.1. The van der Waals surface area contributed by atoms with E-state index in [4.69, 9.17) is 17.3 Å². The largest absolute Gasteiger partial charge is 0.369 e. The minimum Gasteiger partial charge on any atom is -0.369 e. The van der Waals surface area contributed by atoms with Gasteiger partial charge < -0.3 is 5.73 Å². The Morgan fingerprint density at radius 3 is 2.94 bits per heavy atom. The average molecular weight is 235 g/mol. The Labute approximate surface area is 98.2 Å². The third-order valence-corrected chi connectivity index (χ3v) is 2.71. The van der Waals surface area contributed by atoms with Gasteiger partial charge in [-0.3, -0.25) is 9.78 Å². The monoisotopic (exact) mass is 234 g/mol. The summed E-state index contributed by atoms with van der Waals surface area (Å²) >= 11 is 6.06. The molecule has 1 amide bonds. The van der Waals surface area contributed by atoms with E-state index in [1.54, 1.807) is 6.07 Å². The maximum atomic E-state index is 10.9. The van der Waals surface area contributed by atoms with Gasteiger partial charge in [0.15, 0.2) is 0 Å². The molecular formula is C12H11ClN2O. The van der Waals surface area contributed by atoms with E-state index in [0.29, 0.717) is 10.7 Å². The summed E-state index contributed by atoms with van der Waals surface area (Å²) in [5, 5.41) is 1.59. The van der Waals surface area contributed by atoms with Gasteiger partial charge in [-0.2, -0.15) is 0 Å². The van der Waals surface area contributed by atoms with Crippen molar-refractivity contribution in [3.63, 3.8) is 0 Å². The van der Waals surface area contributed by atoms with Gasteiger partial charge in [0.05, 0.1) is 22.7 Å².